The zero-order valence-corrected chi connectivity index (χ0v) is 30.9. The van der Waals surface area contributed by atoms with Crippen molar-refractivity contribution in [1.29, 1.82) is 0 Å². The van der Waals surface area contributed by atoms with Gasteiger partial charge in [0.25, 0.3) is 0 Å². The van der Waals surface area contributed by atoms with Gasteiger partial charge in [-0.25, -0.2) is 9.18 Å². The maximum atomic E-state index is 14.5. The Labute approximate surface area is 300 Å². The fraction of sp³-hybridized carbons (Fsp3) is 0.579. The number of piperazine rings is 1. The number of hydrogen-bond acceptors (Lipinski definition) is 9. The number of carbonyl (C=O) groups excluding carboxylic acids is 4. The maximum Gasteiger partial charge on any atom is 0.410 e. The number of rotatable bonds is 9. The fourth-order valence-electron chi connectivity index (χ4n) is 7.15. The number of fused-ring (bicyclic) bond motifs is 1. The minimum absolute atomic E-state index is 0.0668. The lowest BCUT2D eigenvalue weighted by Gasteiger charge is -2.47. The molecule has 0 radical (unpaired) electrons. The summed E-state index contributed by atoms with van der Waals surface area (Å²) in [5.41, 5.74) is 1.31. The Morgan fingerprint density at radius 3 is 2.37 bits per heavy atom. The zero-order valence-electron chi connectivity index (χ0n) is 30.9. The van der Waals surface area contributed by atoms with Gasteiger partial charge in [-0.2, -0.15) is 0 Å². The standard InChI is InChI=1S/C38H52FN5O7/c1-25-19-42(30(20-41-14-15-50-23-26(41)2)21-43(25)36(48)51-37(3,4)5)22-33(45)44-24-38(6,35(47)40-18-34(46)49-7)31-13-10-28(17-32(31)44)16-27-8-11-29(39)12-9-27/h8-13,17,25-26,30H,14-16,18-24H2,1-7H3,(H,40,47)/t25?,26-,30?,38+/m1/s1. The second-order valence-corrected chi connectivity index (χ2v) is 15.2. The van der Waals surface area contributed by atoms with Crippen LogP contribution in [0.15, 0.2) is 42.5 Å². The number of esters is 1. The topological polar surface area (TPSA) is 121 Å². The van der Waals surface area contributed by atoms with Crippen LogP contribution in [0, 0.1) is 5.82 Å². The molecule has 4 atom stereocenters. The van der Waals surface area contributed by atoms with Gasteiger partial charge in [0, 0.05) is 56.5 Å². The van der Waals surface area contributed by atoms with Gasteiger partial charge in [0.05, 0.1) is 32.3 Å². The van der Waals surface area contributed by atoms with E-state index >= 15 is 0 Å². The predicted octanol–water partition coefficient (Wildman–Crippen LogP) is 3.34. The summed E-state index contributed by atoms with van der Waals surface area (Å²) in [6, 6.07) is 11.8. The molecule has 1 N–H and O–H groups in total. The lowest BCUT2D eigenvalue weighted by atomic mass is 9.83. The van der Waals surface area contributed by atoms with Gasteiger partial charge in [0.15, 0.2) is 0 Å². The smallest absolute Gasteiger partial charge is 0.410 e. The predicted molar refractivity (Wildman–Crippen MR) is 190 cm³/mol. The molecule has 0 aromatic heterocycles. The lowest BCUT2D eigenvalue weighted by molar-refractivity contribution is -0.141. The van der Waals surface area contributed by atoms with Crippen LogP contribution in [0.3, 0.4) is 0 Å². The van der Waals surface area contributed by atoms with Gasteiger partial charge in [0.1, 0.15) is 18.0 Å². The number of methoxy groups -OCH3 is 1. The monoisotopic (exact) mass is 709 g/mol. The van der Waals surface area contributed by atoms with E-state index in [2.05, 4.69) is 22.0 Å². The normalized spacial score (nSPS) is 24.2. The highest BCUT2D eigenvalue weighted by Crippen LogP contribution is 2.42. The average Bonchev–Trinajstić information content (AvgIpc) is 3.38. The summed E-state index contributed by atoms with van der Waals surface area (Å²) in [5.74, 6) is -1.47. The zero-order chi connectivity index (χ0) is 37.1. The molecule has 12 nitrogen and oxygen atoms in total. The summed E-state index contributed by atoms with van der Waals surface area (Å²) >= 11 is 0. The molecule has 0 saturated carbocycles. The first-order valence-corrected chi connectivity index (χ1v) is 17.7. The van der Waals surface area contributed by atoms with E-state index in [0.717, 1.165) is 17.7 Å². The third kappa shape index (κ3) is 9.06. The van der Waals surface area contributed by atoms with Gasteiger partial charge in [-0.3, -0.25) is 24.2 Å². The van der Waals surface area contributed by atoms with Crippen molar-refractivity contribution in [2.45, 2.75) is 77.1 Å². The van der Waals surface area contributed by atoms with Crippen molar-refractivity contribution in [1.82, 2.24) is 20.0 Å². The van der Waals surface area contributed by atoms with Crippen molar-refractivity contribution in [2.75, 3.05) is 71.0 Å². The van der Waals surface area contributed by atoms with Crippen LogP contribution >= 0.6 is 0 Å². The summed E-state index contributed by atoms with van der Waals surface area (Å²) in [6.07, 6.45) is 0.127. The molecule has 3 aliphatic rings. The molecule has 0 aliphatic carbocycles. The van der Waals surface area contributed by atoms with Gasteiger partial charge >= 0.3 is 12.1 Å². The Morgan fingerprint density at radius 2 is 1.71 bits per heavy atom. The number of hydrogen-bond donors (Lipinski definition) is 1. The molecular weight excluding hydrogens is 657 g/mol. The Balaban J connectivity index is 1.43. The van der Waals surface area contributed by atoms with Gasteiger partial charge in [-0.05, 0) is 82.9 Å². The molecule has 2 unspecified atom stereocenters. The van der Waals surface area contributed by atoms with Crippen molar-refractivity contribution >= 4 is 29.6 Å². The summed E-state index contributed by atoms with van der Waals surface area (Å²) in [7, 11) is 1.26. The molecule has 2 saturated heterocycles. The molecule has 51 heavy (non-hydrogen) atoms. The molecule has 2 fully saturated rings. The third-order valence-electron chi connectivity index (χ3n) is 10.0. The molecule has 3 amide bonds. The van der Waals surface area contributed by atoms with E-state index in [1.165, 1.54) is 19.2 Å². The van der Waals surface area contributed by atoms with Gasteiger partial charge in [0.2, 0.25) is 11.8 Å². The summed E-state index contributed by atoms with van der Waals surface area (Å²) < 4.78 is 29.8. The highest BCUT2D eigenvalue weighted by molar-refractivity contribution is 6.03. The number of anilines is 1. The second-order valence-electron chi connectivity index (χ2n) is 15.2. The van der Waals surface area contributed by atoms with E-state index in [1.807, 2.05) is 45.9 Å². The van der Waals surface area contributed by atoms with Crippen molar-refractivity contribution in [3.63, 3.8) is 0 Å². The Morgan fingerprint density at radius 1 is 1.00 bits per heavy atom. The van der Waals surface area contributed by atoms with E-state index < -0.39 is 22.9 Å². The first-order chi connectivity index (χ1) is 24.1. The number of morpholine rings is 1. The van der Waals surface area contributed by atoms with E-state index in [0.29, 0.717) is 50.5 Å². The molecule has 278 valence electrons. The number of carbonyl (C=O) groups is 4. The summed E-state index contributed by atoms with van der Waals surface area (Å²) in [4.78, 5) is 61.3. The highest BCUT2D eigenvalue weighted by atomic mass is 19.1. The van der Waals surface area contributed by atoms with Crippen LogP contribution in [0.25, 0.3) is 0 Å². The molecule has 2 aromatic rings. The van der Waals surface area contributed by atoms with E-state index in [4.69, 9.17) is 14.2 Å². The molecule has 13 heteroatoms. The lowest BCUT2D eigenvalue weighted by Crippen LogP contribution is -2.64. The molecule has 3 heterocycles. The number of halogens is 1. The quantitative estimate of drug-likeness (QED) is 0.391. The van der Waals surface area contributed by atoms with Gasteiger partial charge < -0.3 is 29.3 Å². The Hall–Kier alpha value is -4.07. The SMILES string of the molecule is COC(=O)CNC(=O)[C@@]1(C)CN(C(=O)CN2CC(C)N(C(=O)OC(C)(C)C)CC2CN2CCOC[C@H]2C)c2cc(Cc3ccc(F)cc3)ccc21. The molecule has 5 rings (SSSR count). The second kappa shape index (κ2) is 15.7. The number of benzene rings is 2. The van der Waals surface area contributed by atoms with Crippen LogP contribution < -0.4 is 10.2 Å². The first kappa shape index (κ1) is 38.2. The first-order valence-electron chi connectivity index (χ1n) is 17.7. The molecule has 3 aliphatic heterocycles. The minimum Gasteiger partial charge on any atom is -0.468 e. The van der Waals surface area contributed by atoms with Crippen LogP contribution in [0.2, 0.25) is 0 Å². The van der Waals surface area contributed by atoms with Crippen LogP contribution in [-0.2, 0) is 40.4 Å². The average molecular weight is 710 g/mol. The van der Waals surface area contributed by atoms with Crippen molar-refractivity contribution < 1.29 is 37.8 Å². The maximum absolute atomic E-state index is 14.5. The molecule has 0 bridgehead atoms. The third-order valence-corrected chi connectivity index (χ3v) is 10.0. The Bertz CT molecular complexity index is 1600. The van der Waals surface area contributed by atoms with Crippen LogP contribution in [0.4, 0.5) is 14.9 Å². The molecule has 2 aromatic carbocycles. The van der Waals surface area contributed by atoms with Crippen molar-refractivity contribution in [3.8, 4) is 0 Å². The van der Waals surface area contributed by atoms with E-state index in [1.54, 1.807) is 28.9 Å². The largest absolute Gasteiger partial charge is 0.468 e. The number of amides is 3. The highest BCUT2D eigenvalue weighted by Gasteiger charge is 2.48. The number of nitrogens with one attached hydrogen (secondary N) is 1. The number of ether oxygens (including phenoxy) is 3. The summed E-state index contributed by atoms with van der Waals surface area (Å²) in [6.45, 7) is 14.7. The molecule has 0 spiro atoms. The van der Waals surface area contributed by atoms with Crippen LogP contribution in [0.1, 0.15) is 58.2 Å². The van der Waals surface area contributed by atoms with Gasteiger partial charge in [-0.15, -0.1) is 0 Å². The minimum atomic E-state index is -1.14. The number of nitrogens with zero attached hydrogens (tertiary/aromatic N) is 4. The van der Waals surface area contributed by atoms with Crippen molar-refractivity contribution in [2.24, 2.45) is 0 Å². The van der Waals surface area contributed by atoms with Gasteiger partial charge in [-0.1, -0.05) is 24.3 Å². The van der Waals surface area contributed by atoms with E-state index in [-0.39, 0.29) is 55.6 Å². The van der Waals surface area contributed by atoms with Crippen LogP contribution in [0.5, 0.6) is 0 Å². The van der Waals surface area contributed by atoms with Crippen LogP contribution in [-0.4, -0.2) is 128 Å². The van der Waals surface area contributed by atoms with Crippen molar-refractivity contribution in [3.05, 3.63) is 65.0 Å². The fourth-order valence-corrected chi connectivity index (χ4v) is 7.15. The molecular formula is C38H52FN5O7. The summed E-state index contributed by atoms with van der Waals surface area (Å²) in [5, 5.41) is 2.69. The van der Waals surface area contributed by atoms with E-state index in [9.17, 15) is 23.6 Å². The Kier molecular flexibility index (Phi) is 11.7.